The van der Waals surface area contributed by atoms with Crippen LogP contribution < -0.4 is 5.73 Å². The van der Waals surface area contributed by atoms with Crippen molar-refractivity contribution in [3.8, 4) is 0 Å². The van der Waals surface area contributed by atoms with Gasteiger partial charge in [-0.05, 0) is 30.7 Å². The molecule has 0 aromatic carbocycles. The van der Waals surface area contributed by atoms with Crippen LogP contribution in [0.5, 0.6) is 0 Å². The molecule has 3 heteroatoms. The predicted octanol–water partition coefficient (Wildman–Crippen LogP) is 2.47. The summed E-state index contributed by atoms with van der Waals surface area (Å²) in [5, 5.41) is 1.10. The quantitative estimate of drug-likeness (QED) is 0.730. The maximum atomic E-state index is 5.58. The van der Waals surface area contributed by atoms with Crippen LogP contribution in [0.3, 0.4) is 0 Å². The molecule has 0 bridgehead atoms. The average molecular weight is 182 g/mol. The molecule has 0 spiro atoms. The Balaban J connectivity index is 2.72. The number of rotatable bonds is 3. The second-order valence-electron chi connectivity index (χ2n) is 2.74. The first-order valence-corrected chi connectivity index (χ1v) is 5.07. The van der Waals surface area contributed by atoms with Crippen molar-refractivity contribution in [3.63, 3.8) is 0 Å². The summed E-state index contributed by atoms with van der Waals surface area (Å²) in [6.07, 6.45) is 2.89. The smallest absolute Gasteiger partial charge is 0.0990 e. The molecule has 0 fully saturated rings. The summed E-state index contributed by atoms with van der Waals surface area (Å²) in [6, 6.07) is 1.96. The highest BCUT2D eigenvalue weighted by Gasteiger charge is 1.99. The van der Waals surface area contributed by atoms with Crippen LogP contribution in [-0.2, 0) is 0 Å². The number of pyridine rings is 1. The van der Waals surface area contributed by atoms with E-state index in [9.17, 15) is 0 Å². The molecule has 0 aliphatic carbocycles. The number of aryl methyl sites for hydroxylation is 1. The molecule has 0 aliphatic rings. The van der Waals surface area contributed by atoms with Gasteiger partial charge in [0.05, 0.1) is 16.9 Å². The van der Waals surface area contributed by atoms with Crippen LogP contribution in [-0.4, -0.2) is 10.7 Å². The zero-order valence-electron chi connectivity index (χ0n) is 7.50. The normalized spacial score (nSPS) is 10.2. The molecular formula is C9H14N2S. The molecule has 2 N–H and O–H groups in total. The van der Waals surface area contributed by atoms with Gasteiger partial charge in [0.15, 0.2) is 0 Å². The minimum Gasteiger partial charge on any atom is -0.397 e. The van der Waals surface area contributed by atoms with Crippen molar-refractivity contribution in [2.75, 3.05) is 11.5 Å². The largest absolute Gasteiger partial charge is 0.397 e. The fourth-order valence-corrected chi connectivity index (χ4v) is 1.75. The lowest BCUT2D eigenvalue weighted by Crippen LogP contribution is -1.91. The summed E-state index contributed by atoms with van der Waals surface area (Å²) >= 11 is 1.79. The summed E-state index contributed by atoms with van der Waals surface area (Å²) in [5.41, 5.74) is 7.50. The van der Waals surface area contributed by atoms with E-state index in [0.717, 1.165) is 16.5 Å². The summed E-state index contributed by atoms with van der Waals surface area (Å²) in [4.78, 5) is 4.25. The first-order chi connectivity index (χ1) is 5.74. The summed E-state index contributed by atoms with van der Waals surface area (Å²) in [6.45, 7) is 4.21. The molecular weight excluding hydrogens is 168 g/mol. The fraction of sp³-hybridized carbons (Fsp3) is 0.444. The van der Waals surface area contributed by atoms with Crippen LogP contribution >= 0.6 is 11.8 Å². The number of nitrogen functional groups attached to an aromatic ring is 1. The van der Waals surface area contributed by atoms with Crippen molar-refractivity contribution in [3.05, 3.63) is 17.8 Å². The lowest BCUT2D eigenvalue weighted by atomic mass is 10.3. The number of hydrogen-bond donors (Lipinski definition) is 1. The summed E-state index contributed by atoms with van der Waals surface area (Å²) < 4.78 is 0. The van der Waals surface area contributed by atoms with E-state index in [0.29, 0.717) is 0 Å². The van der Waals surface area contributed by atoms with Gasteiger partial charge in [0.1, 0.15) is 0 Å². The maximum Gasteiger partial charge on any atom is 0.0990 e. The molecule has 0 saturated heterocycles. The van der Waals surface area contributed by atoms with Crippen molar-refractivity contribution >= 4 is 17.4 Å². The first-order valence-electron chi connectivity index (χ1n) is 4.09. The van der Waals surface area contributed by atoms with Crippen LogP contribution in [0.25, 0.3) is 0 Å². The van der Waals surface area contributed by atoms with E-state index in [-0.39, 0.29) is 0 Å². The lowest BCUT2D eigenvalue weighted by molar-refractivity contribution is 1.06. The monoisotopic (exact) mass is 182 g/mol. The minimum atomic E-state index is 0.744. The molecule has 0 saturated carbocycles. The van der Waals surface area contributed by atoms with Gasteiger partial charge >= 0.3 is 0 Å². The van der Waals surface area contributed by atoms with Gasteiger partial charge in [-0.3, -0.25) is 0 Å². The molecule has 66 valence electrons. The predicted molar refractivity (Wildman–Crippen MR) is 54.4 cm³/mol. The Morgan fingerprint density at radius 1 is 1.58 bits per heavy atom. The van der Waals surface area contributed by atoms with Gasteiger partial charge < -0.3 is 5.73 Å². The molecule has 0 atom stereocenters. The Morgan fingerprint density at radius 2 is 2.33 bits per heavy atom. The van der Waals surface area contributed by atoms with E-state index >= 15 is 0 Å². The van der Waals surface area contributed by atoms with E-state index in [2.05, 4.69) is 11.9 Å². The van der Waals surface area contributed by atoms with Gasteiger partial charge in [-0.15, -0.1) is 11.8 Å². The van der Waals surface area contributed by atoms with Gasteiger partial charge in [-0.1, -0.05) is 6.92 Å². The number of hydrogen-bond acceptors (Lipinski definition) is 3. The summed E-state index contributed by atoms with van der Waals surface area (Å²) in [5.74, 6) is 1.12. The zero-order chi connectivity index (χ0) is 8.97. The van der Waals surface area contributed by atoms with Crippen molar-refractivity contribution in [2.24, 2.45) is 0 Å². The topological polar surface area (TPSA) is 38.9 Å². The molecule has 12 heavy (non-hydrogen) atoms. The van der Waals surface area contributed by atoms with Crippen LogP contribution in [0, 0.1) is 6.92 Å². The lowest BCUT2D eigenvalue weighted by Gasteiger charge is -2.03. The highest BCUT2D eigenvalue weighted by Crippen LogP contribution is 2.21. The Morgan fingerprint density at radius 3 is 2.92 bits per heavy atom. The summed E-state index contributed by atoms with van der Waals surface area (Å²) in [7, 11) is 0. The van der Waals surface area contributed by atoms with Gasteiger partial charge in [0, 0.05) is 0 Å². The van der Waals surface area contributed by atoms with Gasteiger partial charge in [-0.25, -0.2) is 4.98 Å². The van der Waals surface area contributed by atoms with Crippen LogP contribution in [0.2, 0.25) is 0 Å². The Kier molecular flexibility index (Phi) is 3.41. The number of nitrogens with zero attached hydrogens (tertiary/aromatic N) is 1. The highest BCUT2D eigenvalue weighted by atomic mass is 32.2. The number of nitrogens with two attached hydrogens (primary N) is 1. The Bertz CT molecular complexity index is 261. The molecule has 1 aromatic rings. The number of aromatic nitrogens is 1. The Hall–Kier alpha value is -0.700. The SMILES string of the molecule is CCCSc1ncc(N)cc1C. The molecule has 0 amide bonds. The second kappa shape index (κ2) is 4.36. The molecule has 0 unspecified atom stereocenters. The standard InChI is InChI=1S/C9H14N2S/c1-3-4-12-9-7(2)5-8(10)6-11-9/h5-6H,3-4,10H2,1-2H3. The molecule has 2 nitrogen and oxygen atoms in total. The van der Waals surface area contributed by atoms with Crippen LogP contribution in [0.1, 0.15) is 18.9 Å². The van der Waals surface area contributed by atoms with Gasteiger partial charge in [0.25, 0.3) is 0 Å². The van der Waals surface area contributed by atoms with E-state index in [1.807, 2.05) is 13.0 Å². The van der Waals surface area contributed by atoms with E-state index < -0.39 is 0 Å². The second-order valence-corrected chi connectivity index (χ2v) is 3.82. The fourth-order valence-electron chi connectivity index (χ4n) is 0.934. The maximum absolute atomic E-state index is 5.58. The van der Waals surface area contributed by atoms with Gasteiger partial charge in [-0.2, -0.15) is 0 Å². The minimum absolute atomic E-state index is 0.744. The molecule has 0 aliphatic heterocycles. The van der Waals surface area contributed by atoms with Crippen LogP contribution in [0.4, 0.5) is 5.69 Å². The number of thioether (sulfide) groups is 1. The first kappa shape index (κ1) is 9.39. The average Bonchev–Trinajstić information content (AvgIpc) is 2.03. The third kappa shape index (κ3) is 2.41. The Labute approximate surface area is 77.6 Å². The molecule has 0 radical (unpaired) electrons. The van der Waals surface area contributed by atoms with E-state index in [1.165, 1.54) is 12.0 Å². The van der Waals surface area contributed by atoms with Crippen LogP contribution in [0.15, 0.2) is 17.3 Å². The van der Waals surface area contributed by atoms with Crippen molar-refractivity contribution in [1.29, 1.82) is 0 Å². The van der Waals surface area contributed by atoms with E-state index in [4.69, 9.17) is 5.73 Å². The number of anilines is 1. The van der Waals surface area contributed by atoms with E-state index in [1.54, 1.807) is 18.0 Å². The van der Waals surface area contributed by atoms with Gasteiger partial charge in [0.2, 0.25) is 0 Å². The molecule has 1 rings (SSSR count). The van der Waals surface area contributed by atoms with Crippen molar-refractivity contribution in [1.82, 2.24) is 4.98 Å². The van der Waals surface area contributed by atoms with Crippen molar-refractivity contribution < 1.29 is 0 Å². The highest BCUT2D eigenvalue weighted by molar-refractivity contribution is 7.99. The van der Waals surface area contributed by atoms with Crippen molar-refractivity contribution in [2.45, 2.75) is 25.3 Å². The third-order valence-corrected chi connectivity index (χ3v) is 2.81. The molecule has 1 heterocycles. The zero-order valence-corrected chi connectivity index (χ0v) is 8.32. The molecule has 1 aromatic heterocycles. The third-order valence-electron chi connectivity index (χ3n) is 1.49.